The molecule has 0 aromatic heterocycles. The van der Waals surface area contributed by atoms with Gasteiger partial charge in [-0.1, -0.05) is 72.8 Å². The molecule has 0 bridgehead atoms. The first-order valence-corrected chi connectivity index (χ1v) is 13.2. The Bertz CT molecular complexity index is 1480. The summed E-state index contributed by atoms with van der Waals surface area (Å²) in [6.07, 6.45) is 3.32. The summed E-state index contributed by atoms with van der Waals surface area (Å²) in [5.74, 6) is 1.86. The van der Waals surface area contributed by atoms with Crippen LogP contribution in [0.4, 0.5) is 0 Å². The largest absolute Gasteiger partial charge is 0.493 e. The summed E-state index contributed by atoms with van der Waals surface area (Å²) >= 11 is 0. The van der Waals surface area contributed by atoms with E-state index in [0.29, 0.717) is 36.8 Å². The number of ether oxygens (including phenoxy) is 2. The van der Waals surface area contributed by atoms with Crippen molar-refractivity contribution >= 4 is 10.8 Å². The molecule has 200 valence electrons. The lowest BCUT2D eigenvalue weighted by Gasteiger charge is -2.39. The van der Waals surface area contributed by atoms with Crippen molar-refractivity contribution in [2.45, 2.75) is 31.8 Å². The molecule has 5 rings (SSSR count). The smallest absolute Gasteiger partial charge is 0.274 e. The molecule has 1 heterocycles. The molecule has 0 amide bonds. The molecule has 4 aromatic carbocycles. The normalized spacial score (nSPS) is 15.1. The van der Waals surface area contributed by atoms with E-state index in [-0.39, 0.29) is 11.0 Å². The quantitative estimate of drug-likeness (QED) is 0.211. The van der Waals surface area contributed by atoms with E-state index in [0.717, 1.165) is 24.6 Å². The summed E-state index contributed by atoms with van der Waals surface area (Å²) < 4.78 is 11.1. The molecule has 7 nitrogen and oxygen atoms in total. The average Bonchev–Trinajstić information content (AvgIpc) is 2.96. The Kier molecular flexibility index (Phi) is 7.96. The number of nitro groups is 1. The number of hydrogen-bond acceptors (Lipinski definition) is 6. The lowest BCUT2D eigenvalue weighted by Crippen LogP contribution is -2.45. The van der Waals surface area contributed by atoms with Gasteiger partial charge < -0.3 is 19.7 Å². The number of hydrogen-bond donors (Lipinski definition) is 1. The van der Waals surface area contributed by atoms with Gasteiger partial charge in [0.25, 0.3) is 6.20 Å². The van der Waals surface area contributed by atoms with Crippen LogP contribution < -0.4 is 14.8 Å². The molecule has 0 aliphatic carbocycles. The predicted octanol–water partition coefficient (Wildman–Crippen LogP) is 5.73. The zero-order chi connectivity index (χ0) is 27.2. The Labute approximate surface area is 228 Å². The number of benzene rings is 4. The van der Waals surface area contributed by atoms with Gasteiger partial charge in [-0.05, 0) is 64.4 Å². The van der Waals surface area contributed by atoms with Gasteiger partial charge in [-0.15, -0.1) is 0 Å². The van der Waals surface area contributed by atoms with Crippen LogP contribution in [0.1, 0.15) is 22.3 Å². The van der Waals surface area contributed by atoms with Crippen molar-refractivity contribution in [1.82, 2.24) is 10.2 Å². The van der Waals surface area contributed by atoms with Gasteiger partial charge in [-0.2, -0.15) is 0 Å². The minimum Gasteiger partial charge on any atom is -0.493 e. The standard InChI is InChI=1S/C32H33N3O4/c1-38-30-19-26-18-28(17-25-13-8-12-24-11-6-7-14-29(24)25)34(21-27(26)20-31(30)39-2)32(22-35(36)37)33-16-15-23-9-4-3-5-10-23/h3-14,19-20,22,28,33H,15-18,21H2,1-2H3/b32-22-. The molecule has 0 spiro atoms. The lowest BCUT2D eigenvalue weighted by atomic mass is 9.88. The van der Waals surface area contributed by atoms with E-state index in [4.69, 9.17) is 9.47 Å². The van der Waals surface area contributed by atoms with Gasteiger partial charge in [0.15, 0.2) is 17.3 Å². The zero-order valence-corrected chi connectivity index (χ0v) is 22.3. The van der Waals surface area contributed by atoms with Crippen LogP contribution in [0.15, 0.2) is 97.0 Å². The molecule has 0 saturated carbocycles. The molecule has 4 aromatic rings. The third-order valence-corrected chi connectivity index (χ3v) is 7.38. The van der Waals surface area contributed by atoms with Crippen molar-refractivity contribution < 1.29 is 14.4 Å². The lowest BCUT2D eigenvalue weighted by molar-refractivity contribution is -0.405. The summed E-state index contributed by atoms with van der Waals surface area (Å²) in [4.78, 5) is 13.6. The van der Waals surface area contributed by atoms with Crippen LogP contribution >= 0.6 is 0 Å². The molecule has 1 atom stereocenters. The first kappa shape index (κ1) is 26.1. The third kappa shape index (κ3) is 5.98. The third-order valence-electron chi connectivity index (χ3n) is 7.38. The first-order valence-electron chi connectivity index (χ1n) is 13.2. The van der Waals surface area contributed by atoms with Gasteiger partial charge in [0.05, 0.1) is 19.1 Å². The van der Waals surface area contributed by atoms with Crippen LogP contribution in [0.2, 0.25) is 0 Å². The Balaban J connectivity index is 1.50. The molecular formula is C32H33N3O4. The van der Waals surface area contributed by atoms with Gasteiger partial charge in [-0.3, -0.25) is 10.1 Å². The van der Waals surface area contributed by atoms with Gasteiger partial charge in [0.1, 0.15) is 0 Å². The Hall–Kier alpha value is -4.52. The van der Waals surface area contributed by atoms with E-state index in [2.05, 4.69) is 58.7 Å². The molecule has 0 saturated heterocycles. The maximum absolute atomic E-state index is 11.8. The minimum absolute atomic E-state index is 0.00293. The fraction of sp³-hybridized carbons (Fsp3) is 0.250. The molecule has 0 fully saturated rings. The van der Waals surface area contributed by atoms with Crippen LogP contribution in [0.25, 0.3) is 10.8 Å². The number of rotatable bonds is 10. The fourth-order valence-corrected chi connectivity index (χ4v) is 5.47. The average molecular weight is 524 g/mol. The topological polar surface area (TPSA) is 76.9 Å². The molecule has 7 heteroatoms. The van der Waals surface area contributed by atoms with Crippen LogP contribution in [-0.4, -0.2) is 36.6 Å². The number of nitrogens with zero attached hydrogens (tertiary/aromatic N) is 2. The van der Waals surface area contributed by atoms with Crippen molar-refractivity contribution in [2.75, 3.05) is 20.8 Å². The molecule has 1 aliphatic heterocycles. The van der Waals surface area contributed by atoms with Crippen molar-refractivity contribution in [3.63, 3.8) is 0 Å². The maximum atomic E-state index is 11.8. The van der Waals surface area contributed by atoms with E-state index in [1.165, 1.54) is 27.5 Å². The van der Waals surface area contributed by atoms with E-state index >= 15 is 0 Å². The number of methoxy groups -OCH3 is 2. The summed E-state index contributed by atoms with van der Waals surface area (Å²) in [5.41, 5.74) is 4.63. The highest BCUT2D eigenvalue weighted by Crippen LogP contribution is 2.36. The second-order valence-corrected chi connectivity index (χ2v) is 9.77. The molecule has 1 N–H and O–H groups in total. The summed E-state index contributed by atoms with van der Waals surface area (Å²) in [5, 5.41) is 17.6. The Morgan fingerprint density at radius 3 is 2.41 bits per heavy atom. The highest BCUT2D eigenvalue weighted by atomic mass is 16.6. The summed E-state index contributed by atoms with van der Waals surface area (Å²) in [7, 11) is 3.26. The molecule has 39 heavy (non-hydrogen) atoms. The van der Waals surface area contributed by atoms with E-state index in [1.54, 1.807) is 14.2 Å². The number of nitrogens with one attached hydrogen (secondary N) is 1. The molecule has 0 radical (unpaired) electrons. The molecular weight excluding hydrogens is 490 g/mol. The van der Waals surface area contributed by atoms with Crippen molar-refractivity contribution in [1.29, 1.82) is 0 Å². The summed E-state index contributed by atoms with van der Waals surface area (Å²) in [6.45, 7) is 1.10. The van der Waals surface area contributed by atoms with Crippen molar-refractivity contribution in [2.24, 2.45) is 0 Å². The fourth-order valence-electron chi connectivity index (χ4n) is 5.47. The second kappa shape index (κ2) is 11.9. The van der Waals surface area contributed by atoms with Crippen molar-refractivity contribution in [3.8, 4) is 11.5 Å². The highest BCUT2D eigenvalue weighted by Gasteiger charge is 2.31. The Morgan fingerprint density at radius 2 is 1.67 bits per heavy atom. The zero-order valence-electron chi connectivity index (χ0n) is 22.3. The summed E-state index contributed by atoms with van der Waals surface area (Å²) in [6, 6.07) is 28.9. The van der Waals surface area contributed by atoms with Gasteiger partial charge in [-0.25, -0.2) is 0 Å². The number of fused-ring (bicyclic) bond motifs is 2. The SMILES string of the molecule is COc1cc2c(cc1OC)CN(/C(=C\[N+](=O)[O-])NCCc1ccccc1)C(Cc1cccc3ccccc13)C2. The van der Waals surface area contributed by atoms with E-state index in [9.17, 15) is 10.1 Å². The monoisotopic (exact) mass is 523 g/mol. The molecule has 1 unspecified atom stereocenters. The predicted molar refractivity (Wildman–Crippen MR) is 153 cm³/mol. The first-order chi connectivity index (χ1) is 19.1. The van der Waals surface area contributed by atoms with Crippen LogP contribution in [0.5, 0.6) is 11.5 Å². The van der Waals surface area contributed by atoms with Crippen LogP contribution in [-0.2, 0) is 25.8 Å². The van der Waals surface area contributed by atoms with Gasteiger partial charge in [0.2, 0.25) is 0 Å². The van der Waals surface area contributed by atoms with E-state index < -0.39 is 0 Å². The Morgan fingerprint density at radius 1 is 0.974 bits per heavy atom. The highest BCUT2D eigenvalue weighted by molar-refractivity contribution is 5.85. The van der Waals surface area contributed by atoms with Crippen LogP contribution in [0.3, 0.4) is 0 Å². The van der Waals surface area contributed by atoms with Gasteiger partial charge in [0, 0.05) is 19.1 Å². The van der Waals surface area contributed by atoms with Crippen LogP contribution in [0, 0.1) is 10.1 Å². The van der Waals surface area contributed by atoms with Gasteiger partial charge >= 0.3 is 0 Å². The van der Waals surface area contributed by atoms with Crippen molar-refractivity contribution in [3.05, 3.63) is 129 Å². The minimum atomic E-state index is -0.371. The van der Waals surface area contributed by atoms with E-state index in [1.807, 2.05) is 36.4 Å². The molecule has 1 aliphatic rings. The second-order valence-electron chi connectivity index (χ2n) is 9.77. The maximum Gasteiger partial charge on any atom is 0.274 e.